The minimum absolute atomic E-state index is 0.223. The standard InChI is InChI=1S/C12H14N2O2/c1-14-11(8-12(15)16-14)10(13)7-9-5-3-2-4-6-9/h2-6,8,10H,7,13H2,1H3. The monoisotopic (exact) mass is 218 g/mol. The molecule has 2 rings (SSSR count). The molecule has 1 unspecified atom stereocenters. The van der Waals surface area contributed by atoms with Gasteiger partial charge in [0.25, 0.3) is 0 Å². The molecule has 16 heavy (non-hydrogen) atoms. The van der Waals surface area contributed by atoms with Crippen molar-refractivity contribution in [2.45, 2.75) is 12.5 Å². The van der Waals surface area contributed by atoms with Gasteiger partial charge in [-0.25, -0.2) is 9.53 Å². The summed E-state index contributed by atoms with van der Waals surface area (Å²) >= 11 is 0. The Bertz CT molecular complexity index is 513. The SMILES string of the molecule is Cn1oc(=O)cc1C(N)Cc1ccccc1. The third-order valence-corrected chi connectivity index (χ3v) is 2.53. The van der Waals surface area contributed by atoms with Gasteiger partial charge in [-0.15, -0.1) is 0 Å². The second kappa shape index (κ2) is 4.37. The maximum Gasteiger partial charge on any atom is 0.357 e. The topological polar surface area (TPSA) is 61.2 Å². The predicted molar refractivity (Wildman–Crippen MR) is 61.0 cm³/mol. The van der Waals surface area contributed by atoms with Crippen LogP contribution in [0.15, 0.2) is 45.7 Å². The van der Waals surface area contributed by atoms with Crippen LogP contribution in [0.25, 0.3) is 0 Å². The Labute approximate surface area is 93.3 Å². The Morgan fingerprint density at radius 1 is 1.38 bits per heavy atom. The van der Waals surface area contributed by atoms with Gasteiger partial charge < -0.3 is 10.3 Å². The van der Waals surface area contributed by atoms with Gasteiger partial charge >= 0.3 is 5.63 Å². The zero-order valence-electron chi connectivity index (χ0n) is 9.09. The fourth-order valence-corrected chi connectivity index (χ4v) is 1.74. The number of nitrogens with two attached hydrogens (primary N) is 1. The Balaban J connectivity index is 2.18. The normalized spacial score (nSPS) is 12.6. The van der Waals surface area contributed by atoms with E-state index in [1.807, 2.05) is 30.3 Å². The summed E-state index contributed by atoms with van der Waals surface area (Å²) in [5.74, 6) is 0. The van der Waals surface area contributed by atoms with Crippen LogP contribution in [0.4, 0.5) is 0 Å². The number of nitrogens with zero attached hydrogens (tertiary/aromatic N) is 1. The molecule has 1 atom stereocenters. The van der Waals surface area contributed by atoms with Crippen LogP contribution in [0.3, 0.4) is 0 Å². The molecule has 4 heteroatoms. The zero-order chi connectivity index (χ0) is 11.5. The minimum Gasteiger partial charge on any atom is -0.336 e. The molecule has 0 radical (unpaired) electrons. The molecular weight excluding hydrogens is 204 g/mol. The lowest BCUT2D eigenvalue weighted by molar-refractivity contribution is 0.272. The number of hydrogen-bond donors (Lipinski definition) is 1. The van der Waals surface area contributed by atoms with Crippen molar-refractivity contribution in [2.24, 2.45) is 12.8 Å². The summed E-state index contributed by atoms with van der Waals surface area (Å²) in [6, 6.07) is 11.1. The average Bonchev–Trinajstić information content (AvgIpc) is 2.59. The van der Waals surface area contributed by atoms with Crippen LogP contribution in [0.5, 0.6) is 0 Å². The largest absolute Gasteiger partial charge is 0.357 e. The molecule has 2 aromatic rings. The van der Waals surface area contributed by atoms with E-state index in [1.165, 1.54) is 10.8 Å². The highest BCUT2D eigenvalue weighted by molar-refractivity contribution is 5.18. The predicted octanol–water partition coefficient (Wildman–Crippen LogP) is 1.22. The van der Waals surface area contributed by atoms with Gasteiger partial charge in [0.15, 0.2) is 0 Å². The number of benzene rings is 1. The molecule has 1 aromatic carbocycles. The van der Waals surface area contributed by atoms with Crippen LogP contribution in [0.2, 0.25) is 0 Å². The van der Waals surface area contributed by atoms with E-state index in [1.54, 1.807) is 7.05 Å². The summed E-state index contributed by atoms with van der Waals surface area (Å²) in [5, 5.41) is 0. The maximum absolute atomic E-state index is 11.0. The van der Waals surface area contributed by atoms with Gasteiger partial charge in [-0.3, -0.25) is 0 Å². The molecule has 0 fully saturated rings. The Kier molecular flexibility index (Phi) is 2.92. The molecule has 1 heterocycles. The minimum atomic E-state index is -0.360. The van der Waals surface area contributed by atoms with Crippen molar-refractivity contribution in [3.8, 4) is 0 Å². The Hall–Kier alpha value is -1.81. The van der Waals surface area contributed by atoms with Crippen molar-refractivity contribution >= 4 is 0 Å². The van der Waals surface area contributed by atoms with Crippen molar-refractivity contribution in [1.29, 1.82) is 0 Å². The van der Waals surface area contributed by atoms with Crippen molar-refractivity contribution in [3.05, 3.63) is 58.1 Å². The third kappa shape index (κ3) is 2.23. The maximum atomic E-state index is 11.0. The molecule has 2 N–H and O–H groups in total. The molecule has 0 aliphatic carbocycles. The molecule has 0 saturated heterocycles. The molecule has 1 aromatic heterocycles. The number of rotatable bonds is 3. The first kappa shape index (κ1) is 10.7. The second-order valence-electron chi connectivity index (χ2n) is 3.77. The van der Waals surface area contributed by atoms with Gasteiger partial charge in [0.1, 0.15) is 0 Å². The van der Waals surface area contributed by atoms with E-state index in [9.17, 15) is 4.79 Å². The fraction of sp³-hybridized carbons (Fsp3) is 0.250. The average molecular weight is 218 g/mol. The van der Waals surface area contributed by atoms with Gasteiger partial charge in [0.2, 0.25) is 0 Å². The molecular formula is C12H14N2O2. The number of aromatic nitrogens is 1. The molecule has 0 bridgehead atoms. The van der Waals surface area contributed by atoms with Crippen molar-refractivity contribution in [3.63, 3.8) is 0 Å². The first-order valence-electron chi connectivity index (χ1n) is 5.13. The summed E-state index contributed by atoms with van der Waals surface area (Å²) in [4.78, 5) is 11.0. The smallest absolute Gasteiger partial charge is 0.336 e. The van der Waals surface area contributed by atoms with Crippen LogP contribution >= 0.6 is 0 Å². The van der Waals surface area contributed by atoms with Gasteiger partial charge in [0.05, 0.1) is 11.7 Å². The Morgan fingerprint density at radius 2 is 2.06 bits per heavy atom. The molecule has 0 aliphatic rings. The highest BCUT2D eigenvalue weighted by atomic mass is 16.5. The summed E-state index contributed by atoms with van der Waals surface area (Å²) in [7, 11) is 1.68. The van der Waals surface area contributed by atoms with Gasteiger partial charge in [-0.05, 0) is 12.0 Å². The molecule has 0 amide bonds. The molecule has 84 valence electrons. The quantitative estimate of drug-likeness (QED) is 0.842. The van der Waals surface area contributed by atoms with E-state index in [2.05, 4.69) is 0 Å². The van der Waals surface area contributed by atoms with E-state index in [-0.39, 0.29) is 11.7 Å². The van der Waals surface area contributed by atoms with E-state index in [0.29, 0.717) is 12.1 Å². The van der Waals surface area contributed by atoms with Crippen LogP contribution in [0, 0.1) is 0 Å². The summed E-state index contributed by atoms with van der Waals surface area (Å²) < 4.78 is 6.28. The number of aryl methyl sites for hydroxylation is 1. The fourth-order valence-electron chi connectivity index (χ4n) is 1.74. The van der Waals surface area contributed by atoms with Crippen LogP contribution in [-0.4, -0.2) is 4.74 Å². The van der Waals surface area contributed by atoms with Crippen molar-refractivity contribution in [1.82, 2.24) is 4.74 Å². The van der Waals surface area contributed by atoms with Gasteiger partial charge in [0, 0.05) is 13.1 Å². The van der Waals surface area contributed by atoms with Gasteiger partial charge in [-0.1, -0.05) is 30.3 Å². The highest BCUT2D eigenvalue weighted by Crippen LogP contribution is 2.14. The Morgan fingerprint density at radius 3 is 2.62 bits per heavy atom. The van der Waals surface area contributed by atoms with Crippen molar-refractivity contribution < 1.29 is 4.52 Å². The van der Waals surface area contributed by atoms with E-state index in [4.69, 9.17) is 10.3 Å². The van der Waals surface area contributed by atoms with Crippen LogP contribution in [0.1, 0.15) is 17.3 Å². The lowest BCUT2D eigenvalue weighted by Gasteiger charge is -2.10. The summed E-state index contributed by atoms with van der Waals surface area (Å²) in [6.45, 7) is 0. The first-order chi connectivity index (χ1) is 7.66. The van der Waals surface area contributed by atoms with E-state index in [0.717, 1.165) is 5.56 Å². The zero-order valence-corrected chi connectivity index (χ0v) is 9.09. The van der Waals surface area contributed by atoms with E-state index >= 15 is 0 Å². The van der Waals surface area contributed by atoms with E-state index < -0.39 is 0 Å². The molecule has 0 aliphatic heterocycles. The highest BCUT2D eigenvalue weighted by Gasteiger charge is 2.12. The first-order valence-corrected chi connectivity index (χ1v) is 5.13. The van der Waals surface area contributed by atoms with Gasteiger partial charge in [-0.2, -0.15) is 0 Å². The second-order valence-corrected chi connectivity index (χ2v) is 3.77. The van der Waals surface area contributed by atoms with Crippen molar-refractivity contribution in [2.75, 3.05) is 0 Å². The lowest BCUT2D eigenvalue weighted by Crippen LogP contribution is -2.16. The summed E-state index contributed by atoms with van der Waals surface area (Å²) in [5.41, 5.74) is 7.52. The van der Waals surface area contributed by atoms with Crippen LogP contribution < -0.4 is 11.4 Å². The molecule has 0 spiro atoms. The lowest BCUT2D eigenvalue weighted by atomic mass is 10.0. The van der Waals surface area contributed by atoms with Crippen LogP contribution in [-0.2, 0) is 13.5 Å². The summed E-state index contributed by atoms with van der Waals surface area (Å²) in [6.07, 6.45) is 0.688. The third-order valence-electron chi connectivity index (χ3n) is 2.53. The number of hydrogen-bond acceptors (Lipinski definition) is 3. The molecule has 0 saturated carbocycles. The molecule has 4 nitrogen and oxygen atoms in total.